The van der Waals surface area contributed by atoms with Crippen LogP contribution in [-0.4, -0.2) is 21.3 Å². The van der Waals surface area contributed by atoms with Gasteiger partial charge in [-0.25, -0.2) is 4.79 Å². The van der Waals surface area contributed by atoms with Crippen molar-refractivity contribution in [2.45, 2.75) is 66.7 Å². The van der Waals surface area contributed by atoms with Crippen LogP contribution in [0.3, 0.4) is 0 Å². The van der Waals surface area contributed by atoms with Gasteiger partial charge in [0.2, 0.25) is 0 Å². The monoisotopic (exact) mass is 386 g/mol. The van der Waals surface area contributed by atoms with E-state index in [1.54, 1.807) is 6.92 Å². The topological polar surface area (TPSA) is 77.8 Å². The fraction of sp³-hybridized carbons (Fsp3) is 0.542. The third-order valence-corrected chi connectivity index (χ3v) is 7.13. The zero-order valence-electron chi connectivity index (χ0n) is 17.8. The first kappa shape index (κ1) is 22.1. The Morgan fingerprint density at radius 1 is 1.36 bits per heavy atom. The first-order valence-corrected chi connectivity index (χ1v) is 10.1. The minimum Gasteiger partial charge on any atom is -0.508 e. The molecular formula is C24H34O4. The molecule has 0 amide bonds. The Hall–Kier alpha value is -2.23. The highest BCUT2D eigenvalue weighted by Crippen LogP contribution is 2.50. The summed E-state index contributed by atoms with van der Waals surface area (Å²) in [4.78, 5) is 11.4. The summed E-state index contributed by atoms with van der Waals surface area (Å²) in [6.45, 7) is 14.8. The Labute approximate surface area is 168 Å². The summed E-state index contributed by atoms with van der Waals surface area (Å²) < 4.78 is 0. The number of aromatic carboxylic acids is 1. The maximum absolute atomic E-state index is 11.4. The van der Waals surface area contributed by atoms with Crippen LogP contribution < -0.4 is 0 Å². The first-order chi connectivity index (χ1) is 13.0. The van der Waals surface area contributed by atoms with Crippen molar-refractivity contribution >= 4 is 5.97 Å². The van der Waals surface area contributed by atoms with Gasteiger partial charge >= 0.3 is 5.97 Å². The first-order valence-electron chi connectivity index (χ1n) is 10.1. The molecule has 0 aromatic heterocycles. The molecule has 0 saturated heterocycles. The van der Waals surface area contributed by atoms with Gasteiger partial charge in [-0.2, -0.15) is 0 Å². The molecule has 0 spiro atoms. The van der Waals surface area contributed by atoms with E-state index in [-0.39, 0.29) is 28.0 Å². The van der Waals surface area contributed by atoms with Gasteiger partial charge in [-0.15, -0.1) is 0 Å². The summed E-state index contributed by atoms with van der Waals surface area (Å²) in [6.07, 6.45) is 6.57. The molecule has 1 aliphatic rings. The molecule has 4 heteroatoms. The van der Waals surface area contributed by atoms with E-state index >= 15 is 0 Å². The van der Waals surface area contributed by atoms with Crippen LogP contribution in [0.25, 0.3) is 0 Å². The summed E-state index contributed by atoms with van der Waals surface area (Å²) in [5, 5.41) is 29.8. The average molecular weight is 387 g/mol. The lowest BCUT2D eigenvalue weighted by Crippen LogP contribution is -2.37. The average Bonchev–Trinajstić information content (AvgIpc) is 2.61. The van der Waals surface area contributed by atoms with Gasteiger partial charge in [0.15, 0.2) is 0 Å². The number of aryl methyl sites for hydroxylation is 1. The highest BCUT2D eigenvalue weighted by Gasteiger charge is 2.40. The lowest BCUT2D eigenvalue weighted by Gasteiger charge is -2.46. The fourth-order valence-electron chi connectivity index (χ4n) is 4.44. The summed E-state index contributed by atoms with van der Waals surface area (Å²) in [5.41, 5.74) is 3.21. The van der Waals surface area contributed by atoms with Crippen LogP contribution in [0.15, 0.2) is 29.9 Å². The van der Waals surface area contributed by atoms with Crippen LogP contribution in [-0.2, 0) is 6.42 Å². The Balaban J connectivity index is 2.14. The number of phenols is 2. The lowest BCUT2D eigenvalue weighted by molar-refractivity contribution is 0.0692. The van der Waals surface area contributed by atoms with E-state index in [9.17, 15) is 20.1 Å². The molecule has 4 nitrogen and oxygen atoms in total. The molecule has 1 aliphatic carbocycles. The molecule has 0 unspecified atom stereocenters. The number of benzene rings is 1. The standard InChI is InChI=1S/C24H34O4/c1-14(11-12-24(6)17(4)9-8-15(2)18(24)5)7-10-19-20(25)13-16(3)21(22(19)26)23(27)28/h7,13,17-18,25-26H,2,8-12H2,1,3-6H3,(H,27,28)/b14-7+/t17-,18+,24+/m1/s1. The molecule has 1 aromatic rings. The van der Waals surface area contributed by atoms with Crippen molar-refractivity contribution in [2.75, 3.05) is 0 Å². The molecule has 0 heterocycles. The predicted octanol–water partition coefficient (Wildman–Crippen LogP) is 6.00. The maximum Gasteiger partial charge on any atom is 0.339 e. The maximum atomic E-state index is 11.4. The summed E-state index contributed by atoms with van der Waals surface area (Å²) in [6, 6.07) is 1.40. The Morgan fingerprint density at radius 2 is 2.00 bits per heavy atom. The van der Waals surface area contributed by atoms with Gasteiger partial charge in [0.25, 0.3) is 0 Å². The van der Waals surface area contributed by atoms with Crippen molar-refractivity contribution in [1.82, 2.24) is 0 Å². The number of hydrogen-bond donors (Lipinski definition) is 3. The molecule has 28 heavy (non-hydrogen) atoms. The van der Waals surface area contributed by atoms with Crippen LogP contribution in [0.5, 0.6) is 11.5 Å². The number of aromatic hydroxyl groups is 2. The number of carboxylic acids is 1. The number of rotatable bonds is 6. The number of carboxylic acid groups (broad SMARTS) is 1. The van der Waals surface area contributed by atoms with Crippen LogP contribution in [0.4, 0.5) is 0 Å². The van der Waals surface area contributed by atoms with Gasteiger partial charge in [-0.3, -0.25) is 0 Å². The van der Waals surface area contributed by atoms with E-state index in [0.29, 0.717) is 23.8 Å². The van der Waals surface area contributed by atoms with E-state index in [2.05, 4.69) is 34.3 Å². The van der Waals surface area contributed by atoms with Crippen molar-refractivity contribution in [1.29, 1.82) is 0 Å². The third-order valence-electron chi connectivity index (χ3n) is 7.13. The predicted molar refractivity (Wildman–Crippen MR) is 113 cm³/mol. The summed E-state index contributed by atoms with van der Waals surface area (Å²) in [7, 11) is 0. The molecule has 154 valence electrons. The number of allylic oxidation sites excluding steroid dienone is 3. The van der Waals surface area contributed by atoms with Crippen molar-refractivity contribution in [3.8, 4) is 11.5 Å². The van der Waals surface area contributed by atoms with E-state index in [0.717, 1.165) is 19.3 Å². The zero-order chi connectivity index (χ0) is 21.2. The molecule has 0 aliphatic heterocycles. The Bertz CT molecular complexity index is 805. The van der Waals surface area contributed by atoms with E-state index in [1.807, 2.05) is 6.08 Å². The number of phenolic OH excluding ortho intramolecular Hbond substituents is 1. The van der Waals surface area contributed by atoms with Crippen LogP contribution >= 0.6 is 0 Å². The molecular weight excluding hydrogens is 352 g/mol. The van der Waals surface area contributed by atoms with Gasteiger partial charge in [0.05, 0.1) is 0 Å². The van der Waals surface area contributed by atoms with E-state index in [1.165, 1.54) is 23.6 Å². The van der Waals surface area contributed by atoms with Gasteiger partial charge in [0, 0.05) is 5.56 Å². The highest BCUT2D eigenvalue weighted by atomic mass is 16.4. The van der Waals surface area contributed by atoms with Crippen molar-refractivity contribution in [3.63, 3.8) is 0 Å². The Kier molecular flexibility index (Phi) is 6.63. The van der Waals surface area contributed by atoms with Gasteiger partial charge in [-0.05, 0) is 74.8 Å². The minimum absolute atomic E-state index is 0.0677. The van der Waals surface area contributed by atoms with E-state index in [4.69, 9.17) is 0 Å². The van der Waals surface area contributed by atoms with Gasteiger partial charge < -0.3 is 15.3 Å². The van der Waals surface area contributed by atoms with Crippen LogP contribution in [0.1, 0.15) is 74.9 Å². The number of hydrogen-bond acceptors (Lipinski definition) is 3. The second-order valence-corrected chi connectivity index (χ2v) is 8.80. The third kappa shape index (κ3) is 4.26. The normalized spacial score (nSPS) is 25.8. The molecule has 1 fully saturated rings. The SMILES string of the molecule is C=C1CC[C@@H](C)[C@](C)(CC/C(C)=C/Cc2c(O)cc(C)c(C(=O)O)c2O)[C@H]1C. The van der Waals surface area contributed by atoms with Gasteiger partial charge in [0.1, 0.15) is 17.1 Å². The largest absolute Gasteiger partial charge is 0.508 e. The van der Waals surface area contributed by atoms with E-state index < -0.39 is 5.97 Å². The highest BCUT2D eigenvalue weighted by molar-refractivity contribution is 5.93. The van der Waals surface area contributed by atoms with Crippen molar-refractivity contribution in [3.05, 3.63) is 46.6 Å². The molecule has 3 atom stereocenters. The Morgan fingerprint density at radius 3 is 2.61 bits per heavy atom. The second-order valence-electron chi connectivity index (χ2n) is 8.80. The molecule has 0 bridgehead atoms. The second kappa shape index (κ2) is 8.42. The fourth-order valence-corrected chi connectivity index (χ4v) is 4.44. The number of carbonyl (C=O) groups is 1. The van der Waals surface area contributed by atoms with Crippen LogP contribution in [0, 0.1) is 24.2 Å². The molecule has 1 aromatic carbocycles. The lowest BCUT2D eigenvalue weighted by atomic mass is 9.59. The zero-order valence-corrected chi connectivity index (χ0v) is 17.8. The smallest absolute Gasteiger partial charge is 0.339 e. The quantitative estimate of drug-likeness (QED) is 0.524. The molecule has 1 saturated carbocycles. The van der Waals surface area contributed by atoms with Crippen molar-refractivity contribution < 1.29 is 20.1 Å². The summed E-state index contributed by atoms with van der Waals surface area (Å²) in [5.74, 6) is -0.462. The molecule has 0 radical (unpaired) electrons. The van der Waals surface area contributed by atoms with Crippen LogP contribution in [0.2, 0.25) is 0 Å². The molecule has 3 N–H and O–H groups in total. The minimum atomic E-state index is -1.19. The van der Waals surface area contributed by atoms with Gasteiger partial charge in [-0.1, -0.05) is 44.6 Å². The summed E-state index contributed by atoms with van der Waals surface area (Å²) >= 11 is 0. The van der Waals surface area contributed by atoms with Crippen molar-refractivity contribution in [2.24, 2.45) is 17.3 Å². The molecule has 2 rings (SSSR count).